The Morgan fingerprint density at radius 1 is 1.27 bits per heavy atom. The molecule has 0 spiro atoms. The highest BCUT2D eigenvalue weighted by molar-refractivity contribution is 7.16. The summed E-state index contributed by atoms with van der Waals surface area (Å²) < 4.78 is 1.37. The van der Waals surface area contributed by atoms with Crippen molar-refractivity contribution in [3.05, 3.63) is 57.0 Å². The summed E-state index contributed by atoms with van der Waals surface area (Å²) in [5.41, 5.74) is 3.02. The summed E-state index contributed by atoms with van der Waals surface area (Å²) in [6, 6.07) is 9.93. The summed E-state index contributed by atoms with van der Waals surface area (Å²) in [6.07, 6.45) is 0. The van der Waals surface area contributed by atoms with Gasteiger partial charge in [0.25, 0.3) is 5.56 Å². The van der Waals surface area contributed by atoms with Crippen LogP contribution in [0.2, 0.25) is 0 Å². The molecule has 0 N–H and O–H groups in total. The number of anilines is 1. The van der Waals surface area contributed by atoms with Gasteiger partial charge < -0.3 is 4.90 Å². The zero-order valence-corrected chi connectivity index (χ0v) is 13.7. The van der Waals surface area contributed by atoms with Crippen molar-refractivity contribution in [1.29, 1.82) is 0 Å². The molecule has 0 fully saturated rings. The summed E-state index contributed by atoms with van der Waals surface area (Å²) in [6.45, 7) is 7.52. The van der Waals surface area contributed by atoms with Crippen LogP contribution < -0.4 is 10.5 Å². The molecule has 2 heterocycles. The third kappa shape index (κ3) is 2.87. The largest absolute Gasteiger partial charge is 0.366 e. The van der Waals surface area contributed by atoms with Crippen molar-refractivity contribution in [2.24, 2.45) is 0 Å². The number of hydrogen-bond acceptors (Lipinski definition) is 5. The summed E-state index contributed by atoms with van der Waals surface area (Å²) >= 11 is 1.44. The van der Waals surface area contributed by atoms with Crippen LogP contribution in [0, 0.1) is 13.8 Å². The molecule has 2 aromatic heterocycles. The van der Waals surface area contributed by atoms with Crippen molar-refractivity contribution >= 4 is 22.0 Å². The van der Waals surface area contributed by atoms with Gasteiger partial charge >= 0.3 is 0 Å². The highest BCUT2D eigenvalue weighted by Crippen LogP contribution is 2.18. The Morgan fingerprint density at radius 3 is 2.82 bits per heavy atom. The molecule has 3 aromatic rings. The molecule has 114 valence electrons. The van der Waals surface area contributed by atoms with Crippen molar-refractivity contribution in [2.75, 3.05) is 11.4 Å². The minimum Gasteiger partial charge on any atom is -0.366 e. The first-order valence-electron chi connectivity index (χ1n) is 7.25. The SMILES string of the molecule is CCN(Cc1cc(=O)n2nc(C)sc2n1)c1cccc(C)c1. The molecule has 3 rings (SSSR count). The van der Waals surface area contributed by atoms with Gasteiger partial charge in [0.05, 0.1) is 12.2 Å². The number of hydrogen-bond donors (Lipinski definition) is 0. The molecule has 0 bridgehead atoms. The van der Waals surface area contributed by atoms with Crippen LogP contribution in [-0.4, -0.2) is 21.1 Å². The van der Waals surface area contributed by atoms with Crippen LogP contribution in [0.1, 0.15) is 23.2 Å². The van der Waals surface area contributed by atoms with E-state index in [9.17, 15) is 4.79 Å². The minimum atomic E-state index is -0.121. The van der Waals surface area contributed by atoms with Crippen LogP contribution in [0.5, 0.6) is 0 Å². The molecule has 0 saturated carbocycles. The quantitative estimate of drug-likeness (QED) is 0.743. The molecule has 0 aliphatic heterocycles. The molecule has 0 aliphatic carbocycles. The molecule has 1 aromatic carbocycles. The van der Waals surface area contributed by atoms with Crippen LogP contribution in [-0.2, 0) is 6.54 Å². The lowest BCUT2D eigenvalue weighted by molar-refractivity contribution is 0.793. The van der Waals surface area contributed by atoms with Crippen LogP contribution in [0.25, 0.3) is 4.96 Å². The van der Waals surface area contributed by atoms with Gasteiger partial charge in [-0.15, -0.1) is 0 Å². The average molecular weight is 314 g/mol. The minimum absolute atomic E-state index is 0.121. The molecular weight excluding hydrogens is 296 g/mol. The van der Waals surface area contributed by atoms with Crippen LogP contribution >= 0.6 is 11.3 Å². The highest BCUT2D eigenvalue weighted by atomic mass is 32.1. The Morgan fingerprint density at radius 2 is 2.09 bits per heavy atom. The van der Waals surface area contributed by atoms with Crippen molar-refractivity contribution in [3.63, 3.8) is 0 Å². The van der Waals surface area contributed by atoms with E-state index in [1.54, 1.807) is 6.07 Å². The second kappa shape index (κ2) is 5.88. The maximum Gasteiger partial charge on any atom is 0.275 e. The van der Waals surface area contributed by atoms with Gasteiger partial charge in [-0.3, -0.25) is 4.79 Å². The van der Waals surface area contributed by atoms with E-state index in [-0.39, 0.29) is 5.56 Å². The van der Waals surface area contributed by atoms with Gasteiger partial charge in [-0.1, -0.05) is 23.5 Å². The number of aryl methyl sites for hydroxylation is 2. The van der Waals surface area contributed by atoms with Gasteiger partial charge in [0, 0.05) is 18.3 Å². The second-order valence-corrected chi connectivity index (χ2v) is 6.41. The Bertz CT molecular complexity index is 868. The van der Waals surface area contributed by atoms with E-state index in [2.05, 4.69) is 47.0 Å². The Balaban J connectivity index is 1.95. The molecule has 6 heteroatoms. The number of benzene rings is 1. The standard InChI is InChI=1S/C16H18N4OS/c1-4-19(14-7-5-6-11(2)8-14)10-13-9-15(21)20-16(17-13)22-12(3)18-20/h5-9H,4,10H2,1-3H3. The highest BCUT2D eigenvalue weighted by Gasteiger charge is 2.10. The molecule has 0 atom stereocenters. The van der Waals surface area contributed by atoms with Gasteiger partial charge in [0.15, 0.2) is 0 Å². The molecule has 22 heavy (non-hydrogen) atoms. The zero-order chi connectivity index (χ0) is 15.7. The smallest absolute Gasteiger partial charge is 0.275 e. The second-order valence-electron chi connectivity index (χ2n) is 5.25. The van der Waals surface area contributed by atoms with Gasteiger partial charge in [0.1, 0.15) is 5.01 Å². The first-order chi connectivity index (χ1) is 10.6. The lowest BCUT2D eigenvalue weighted by Gasteiger charge is -2.23. The van der Waals surface area contributed by atoms with E-state index in [4.69, 9.17) is 0 Å². The average Bonchev–Trinajstić information content (AvgIpc) is 2.86. The van der Waals surface area contributed by atoms with Crippen LogP contribution in [0.3, 0.4) is 0 Å². The monoisotopic (exact) mass is 314 g/mol. The lowest BCUT2D eigenvalue weighted by Crippen LogP contribution is -2.25. The predicted octanol–water partition coefficient (Wildman–Crippen LogP) is 2.79. The van der Waals surface area contributed by atoms with Crippen LogP contribution in [0.15, 0.2) is 35.1 Å². The van der Waals surface area contributed by atoms with Gasteiger partial charge in [-0.2, -0.15) is 9.61 Å². The fourth-order valence-electron chi connectivity index (χ4n) is 2.44. The molecular formula is C16H18N4OS. The van der Waals surface area contributed by atoms with Crippen LogP contribution in [0.4, 0.5) is 5.69 Å². The molecule has 0 radical (unpaired) electrons. The number of aromatic nitrogens is 3. The molecule has 0 unspecified atom stereocenters. The molecule has 5 nitrogen and oxygen atoms in total. The normalized spacial score (nSPS) is 11.0. The predicted molar refractivity (Wildman–Crippen MR) is 89.8 cm³/mol. The van der Waals surface area contributed by atoms with E-state index < -0.39 is 0 Å². The molecule has 0 saturated heterocycles. The maximum atomic E-state index is 12.1. The van der Waals surface area contributed by atoms with Crippen molar-refractivity contribution in [1.82, 2.24) is 14.6 Å². The van der Waals surface area contributed by atoms with E-state index in [0.717, 1.165) is 22.9 Å². The van der Waals surface area contributed by atoms with E-state index in [1.807, 2.05) is 13.0 Å². The fourth-order valence-corrected chi connectivity index (χ4v) is 3.21. The Hall–Kier alpha value is -2.21. The Kier molecular flexibility index (Phi) is 3.94. The first kappa shape index (κ1) is 14.7. The molecule has 0 amide bonds. The fraction of sp³-hybridized carbons (Fsp3) is 0.312. The van der Waals surface area contributed by atoms with E-state index >= 15 is 0 Å². The number of fused-ring (bicyclic) bond motifs is 1. The van der Waals surface area contributed by atoms with Crippen molar-refractivity contribution in [2.45, 2.75) is 27.3 Å². The summed E-state index contributed by atoms with van der Waals surface area (Å²) in [5.74, 6) is 0. The summed E-state index contributed by atoms with van der Waals surface area (Å²) in [5, 5.41) is 5.01. The van der Waals surface area contributed by atoms with E-state index in [1.165, 1.54) is 21.4 Å². The third-order valence-corrected chi connectivity index (χ3v) is 4.32. The number of nitrogens with zero attached hydrogens (tertiary/aromatic N) is 4. The topological polar surface area (TPSA) is 50.5 Å². The van der Waals surface area contributed by atoms with E-state index in [0.29, 0.717) is 11.5 Å². The zero-order valence-electron chi connectivity index (χ0n) is 12.9. The first-order valence-corrected chi connectivity index (χ1v) is 8.06. The van der Waals surface area contributed by atoms with Gasteiger partial charge in [-0.05, 0) is 38.5 Å². The lowest BCUT2D eigenvalue weighted by atomic mass is 10.2. The van der Waals surface area contributed by atoms with Gasteiger partial charge in [-0.25, -0.2) is 4.98 Å². The molecule has 0 aliphatic rings. The number of rotatable bonds is 4. The summed E-state index contributed by atoms with van der Waals surface area (Å²) in [4.78, 5) is 19.6. The third-order valence-electron chi connectivity index (χ3n) is 3.50. The van der Waals surface area contributed by atoms with Crippen molar-refractivity contribution in [3.8, 4) is 0 Å². The van der Waals surface area contributed by atoms with Gasteiger partial charge in [0.2, 0.25) is 4.96 Å². The summed E-state index contributed by atoms with van der Waals surface area (Å²) in [7, 11) is 0. The maximum absolute atomic E-state index is 12.1. The Labute approximate surface area is 132 Å². The van der Waals surface area contributed by atoms with Crippen molar-refractivity contribution < 1.29 is 0 Å².